The standard InChI is InChI=1S/C24H32N2O4S.ClH/c1-4-31(28,29)22-12-7-17(8-13-22)19-9-14-23(30-3)20(15-19)16-26-24(27)18-5-10-21(25-2)11-6-18;/h7-9,12-15,18,21,25H,4-6,10-11,16H2,1-3H3,(H,26,27);1H. The van der Waals surface area contributed by atoms with E-state index in [0.717, 1.165) is 42.4 Å². The van der Waals surface area contributed by atoms with Crippen LogP contribution in [0.3, 0.4) is 0 Å². The lowest BCUT2D eigenvalue weighted by atomic mass is 9.85. The molecule has 2 N–H and O–H groups in total. The van der Waals surface area contributed by atoms with E-state index in [1.54, 1.807) is 26.2 Å². The fraction of sp³-hybridized carbons (Fsp3) is 0.458. The zero-order valence-corrected chi connectivity index (χ0v) is 20.5. The highest BCUT2D eigenvalue weighted by Crippen LogP contribution is 2.28. The van der Waals surface area contributed by atoms with Gasteiger partial charge >= 0.3 is 0 Å². The molecule has 1 fully saturated rings. The molecule has 0 radical (unpaired) electrons. The summed E-state index contributed by atoms with van der Waals surface area (Å²) >= 11 is 0. The fourth-order valence-electron chi connectivity index (χ4n) is 4.09. The van der Waals surface area contributed by atoms with Gasteiger partial charge in [0.2, 0.25) is 5.91 Å². The van der Waals surface area contributed by atoms with E-state index in [-0.39, 0.29) is 30.0 Å². The molecule has 3 rings (SSSR count). The summed E-state index contributed by atoms with van der Waals surface area (Å²) < 4.78 is 29.6. The molecule has 0 aliphatic heterocycles. The Bertz CT molecular complexity index is 1000. The Kier molecular flexibility index (Phi) is 9.55. The first kappa shape index (κ1) is 26.2. The summed E-state index contributed by atoms with van der Waals surface area (Å²) in [6.45, 7) is 2.03. The normalized spacial score (nSPS) is 18.5. The Balaban J connectivity index is 0.00000363. The maximum absolute atomic E-state index is 12.7. The van der Waals surface area contributed by atoms with Crippen molar-refractivity contribution in [2.75, 3.05) is 19.9 Å². The molecular weight excluding hydrogens is 448 g/mol. The van der Waals surface area contributed by atoms with E-state index >= 15 is 0 Å². The number of methoxy groups -OCH3 is 1. The van der Waals surface area contributed by atoms with Crippen LogP contribution in [0.5, 0.6) is 5.75 Å². The van der Waals surface area contributed by atoms with Gasteiger partial charge in [0, 0.05) is 24.1 Å². The van der Waals surface area contributed by atoms with Crippen LogP contribution in [0.4, 0.5) is 0 Å². The van der Waals surface area contributed by atoms with Gasteiger partial charge in [-0.2, -0.15) is 0 Å². The average Bonchev–Trinajstić information content (AvgIpc) is 2.82. The van der Waals surface area contributed by atoms with Crippen molar-refractivity contribution in [3.05, 3.63) is 48.0 Å². The van der Waals surface area contributed by atoms with E-state index < -0.39 is 9.84 Å². The first-order chi connectivity index (χ1) is 14.9. The average molecular weight is 481 g/mol. The van der Waals surface area contributed by atoms with E-state index in [1.807, 2.05) is 37.4 Å². The summed E-state index contributed by atoms with van der Waals surface area (Å²) in [5.74, 6) is 0.950. The molecule has 0 spiro atoms. The van der Waals surface area contributed by atoms with Crippen LogP contribution in [0.1, 0.15) is 38.2 Å². The number of hydrogen-bond donors (Lipinski definition) is 2. The largest absolute Gasteiger partial charge is 0.496 e. The summed E-state index contributed by atoms with van der Waals surface area (Å²) in [6.07, 6.45) is 3.86. The second kappa shape index (κ2) is 11.7. The van der Waals surface area contributed by atoms with Gasteiger partial charge in [0.15, 0.2) is 9.84 Å². The van der Waals surface area contributed by atoms with E-state index in [2.05, 4.69) is 10.6 Å². The van der Waals surface area contributed by atoms with Crippen molar-refractivity contribution in [1.82, 2.24) is 10.6 Å². The molecule has 2 aromatic rings. The lowest BCUT2D eigenvalue weighted by Crippen LogP contribution is -2.37. The van der Waals surface area contributed by atoms with Crippen molar-refractivity contribution in [3.63, 3.8) is 0 Å². The third-order valence-corrected chi connectivity index (χ3v) is 7.92. The predicted octanol–water partition coefficient (Wildman–Crippen LogP) is 3.97. The van der Waals surface area contributed by atoms with E-state index in [4.69, 9.17) is 4.74 Å². The van der Waals surface area contributed by atoms with Crippen molar-refractivity contribution in [2.24, 2.45) is 5.92 Å². The lowest BCUT2D eigenvalue weighted by molar-refractivity contribution is -0.126. The van der Waals surface area contributed by atoms with E-state index in [1.165, 1.54) is 0 Å². The minimum Gasteiger partial charge on any atom is -0.496 e. The molecule has 1 amide bonds. The van der Waals surface area contributed by atoms with Gasteiger partial charge in [0.1, 0.15) is 5.75 Å². The molecule has 1 saturated carbocycles. The minimum absolute atomic E-state index is 0. The molecule has 0 aromatic heterocycles. The molecule has 1 aliphatic carbocycles. The summed E-state index contributed by atoms with van der Waals surface area (Å²) in [5.41, 5.74) is 2.75. The molecule has 0 bridgehead atoms. The van der Waals surface area contributed by atoms with Crippen LogP contribution in [0.2, 0.25) is 0 Å². The first-order valence-corrected chi connectivity index (χ1v) is 12.5. The highest BCUT2D eigenvalue weighted by atomic mass is 35.5. The lowest BCUT2D eigenvalue weighted by Gasteiger charge is -2.27. The van der Waals surface area contributed by atoms with Crippen LogP contribution in [-0.4, -0.2) is 40.3 Å². The van der Waals surface area contributed by atoms with Crippen molar-refractivity contribution >= 4 is 28.2 Å². The Morgan fingerprint density at radius 1 is 1.03 bits per heavy atom. The fourth-order valence-corrected chi connectivity index (χ4v) is 4.97. The Morgan fingerprint density at radius 2 is 1.66 bits per heavy atom. The van der Waals surface area contributed by atoms with Crippen molar-refractivity contribution in [2.45, 2.75) is 50.1 Å². The second-order valence-electron chi connectivity index (χ2n) is 8.01. The van der Waals surface area contributed by atoms with Crippen LogP contribution in [-0.2, 0) is 21.2 Å². The predicted molar refractivity (Wildman–Crippen MR) is 130 cm³/mol. The molecule has 2 aromatic carbocycles. The quantitative estimate of drug-likeness (QED) is 0.597. The maximum atomic E-state index is 12.7. The molecule has 6 nitrogen and oxygen atoms in total. The summed E-state index contributed by atoms with van der Waals surface area (Å²) in [6, 6.07) is 13.2. The first-order valence-electron chi connectivity index (χ1n) is 10.8. The SMILES string of the molecule is CCS(=O)(=O)c1ccc(-c2ccc(OC)c(CNC(=O)C3CCC(NC)CC3)c2)cc1.Cl. The number of hydrogen-bond acceptors (Lipinski definition) is 5. The number of nitrogens with one attached hydrogen (secondary N) is 2. The highest BCUT2D eigenvalue weighted by Gasteiger charge is 2.25. The smallest absolute Gasteiger partial charge is 0.223 e. The van der Waals surface area contributed by atoms with Crippen molar-refractivity contribution in [3.8, 4) is 16.9 Å². The minimum atomic E-state index is -3.22. The molecule has 0 unspecified atom stereocenters. The Morgan fingerprint density at radius 3 is 2.22 bits per heavy atom. The van der Waals surface area contributed by atoms with Gasteiger partial charge in [-0.05, 0) is 68.1 Å². The Hall–Kier alpha value is -2.09. The monoisotopic (exact) mass is 480 g/mol. The van der Waals surface area contributed by atoms with Crippen LogP contribution in [0.25, 0.3) is 11.1 Å². The number of carbonyl (C=O) groups excluding carboxylic acids is 1. The van der Waals surface area contributed by atoms with Crippen LogP contribution >= 0.6 is 12.4 Å². The van der Waals surface area contributed by atoms with Gasteiger partial charge in [0.25, 0.3) is 0 Å². The summed E-state index contributed by atoms with van der Waals surface area (Å²) in [5, 5.41) is 6.36. The number of carbonyl (C=O) groups is 1. The number of amides is 1. The summed E-state index contributed by atoms with van der Waals surface area (Å²) in [7, 11) is 0.366. The number of ether oxygens (including phenoxy) is 1. The Labute approximate surface area is 197 Å². The summed E-state index contributed by atoms with van der Waals surface area (Å²) in [4.78, 5) is 13.0. The molecule has 0 atom stereocenters. The van der Waals surface area contributed by atoms with E-state index in [9.17, 15) is 13.2 Å². The van der Waals surface area contributed by atoms with Gasteiger partial charge in [-0.1, -0.05) is 25.1 Å². The molecule has 0 saturated heterocycles. The zero-order chi connectivity index (χ0) is 22.4. The molecular formula is C24H33ClN2O4S. The topological polar surface area (TPSA) is 84.5 Å². The molecule has 1 aliphatic rings. The molecule has 176 valence electrons. The van der Waals surface area contributed by atoms with Gasteiger partial charge in [-0.25, -0.2) is 8.42 Å². The molecule has 8 heteroatoms. The molecule has 32 heavy (non-hydrogen) atoms. The third-order valence-electron chi connectivity index (χ3n) is 6.17. The number of benzene rings is 2. The van der Waals surface area contributed by atoms with Crippen LogP contribution in [0, 0.1) is 5.92 Å². The number of sulfone groups is 1. The maximum Gasteiger partial charge on any atom is 0.223 e. The van der Waals surface area contributed by atoms with Gasteiger partial charge in [0.05, 0.1) is 17.8 Å². The van der Waals surface area contributed by atoms with Gasteiger partial charge in [-0.15, -0.1) is 12.4 Å². The molecule has 0 heterocycles. The van der Waals surface area contributed by atoms with Crippen LogP contribution < -0.4 is 15.4 Å². The highest BCUT2D eigenvalue weighted by molar-refractivity contribution is 7.91. The van der Waals surface area contributed by atoms with Gasteiger partial charge in [-0.3, -0.25) is 4.79 Å². The second-order valence-corrected chi connectivity index (χ2v) is 10.3. The van der Waals surface area contributed by atoms with E-state index in [0.29, 0.717) is 23.2 Å². The third kappa shape index (κ3) is 6.24. The van der Waals surface area contributed by atoms with Crippen LogP contribution in [0.15, 0.2) is 47.4 Å². The number of rotatable bonds is 8. The number of halogens is 1. The van der Waals surface area contributed by atoms with Crippen molar-refractivity contribution in [1.29, 1.82) is 0 Å². The van der Waals surface area contributed by atoms with Gasteiger partial charge < -0.3 is 15.4 Å². The van der Waals surface area contributed by atoms with Crippen molar-refractivity contribution < 1.29 is 17.9 Å². The zero-order valence-electron chi connectivity index (χ0n) is 18.9.